The molecule has 1 heterocycles. The van der Waals surface area contributed by atoms with E-state index in [-0.39, 0.29) is 24.9 Å². The number of rotatable bonds is 4. The molecule has 1 fully saturated rings. The second-order valence-electron chi connectivity index (χ2n) is 3.10. The molecular weight excluding hydrogens is 188 g/mol. The van der Waals surface area contributed by atoms with Gasteiger partial charge in [-0.2, -0.15) is 0 Å². The summed E-state index contributed by atoms with van der Waals surface area (Å²) in [6.07, 6.45) is 0.257. The summed E-state index contributed by atoms with van der Waals surface area (Å²) in [6.45, 7) is 1.57. The highest BCUT2D eigenvalue weighted by atomic mass is 16.5. The van der Waals surface area contributed by atoms with Crippen LogP contribution in [0, 0.1) is 0 Å². The number of carboxylic acid groups (broad SMARTS) is 1. The van der Waals surface area contributed by atoms with Gasteiger partial charge < -0.3 is 20.5 Å². The third-order valence-corrected chi connectivity index (χ3v) is 1.87. The third kappa shape index (κ3) is 4.20. The van der Waals surface area contributed by atoms with Gasteiger partial charge in [0.1, 0.15) is 6.54 Å². The molecule has 80 valence electrons. The Morgan fingerprint density at radius 1 is 1.57 bits per heavy atom. The lowest BCUT2D eigenvalue weighted by Gasteiger charge is -2.22. The van der Waals surface area contributed by atoms with Gasteiger partial charge in [0.15, 0.2) is 0 Å². The molecule has 1 aliphatic rings. The molecule has 0 bridgehead atoms. The van der Waals surface area contributed by atoms with E-state index in [0.717, 1.165) is 6.54 Å². The largest absolute Gasteiger partial charge is 0.480 e. The van der Waals surface area contributed by atoms with Crippen molar-refractivity contribution in [3.05, 3.63) is 0 Å². The fourth-order valence-corrected chi connectivity index (χ4v) is 1.22. The maximum Gasteiger partial charge on any atom is 0.322 e. The van der Waals surface area contributed by atoms with Crippen molar-refractivity contribution in [1.29, 1.82) is 0 Å². The van der Waals surface area contributed by atoms with Gasteiger partial charge in [0.2, 0.25) is 5.91 Å². The van der Waals surface area contributed by atoms with Crippen molar-refractivity contribution in [3.63, 3.8) is 0 Å². The van der Waals surface area contributed by atoms with Crippen LogP contribution in [0.5, 0.6) is 0 Å². The molecule has 0 spiro atoms. The average molecular weight is 202 g/mol. The highest BCUT2D eigenvalue weighted by Gasteiger charge is 2.16. The second-order valence-corrected chi connectivity index (χ2v) is 3.10. The van der Waals surface area contributed by atoms with Crippen LogP contribution in [0.4, 0.5) is 0 Å². The molecule has 1 amide bonds. The molecule has 0 aromatic rings. The maximum atomic E-state index is 11.1. The number of carboxylic acids is 1. The number of hydrogen-bond acceptors (Lipinski definition) is 4. The van der Waals surface area contributed by atoms with Crippen LogP contribution < -0.4 is 10.6 Å². The number of nitrogens with one attached hydrogen (secondary N) is 2. The van der Waals surface area contributed by atoms with E-state index in [0.29, 0.717) is 13.2 Å². The molecule has 3 N–H and O–H groups in total. The van der Waals surface area contributed by atoms with Crippen molar-refractivity contribution in [2.45, 2.75) is 12.5 Å². The molecule has 0 aromatic heterocycles. The van der Waals surface area contributed by atoms with Gasteiger partial charge in [-0.05, 0) is 0 Å². The molecule has 0 aromatic carbocycles. The van der Waals surface area contributed by atoms with E-state index in [1.54, 1.807) is 0 Å². The van der Waals surface area contributed by atoms with Gasteiger partial charge in [0.05, 0.1) is 13.2 Å². The van der Waals surface area contributed by atoms with Gasteiger partial charge in [-0.1, -0.05) is 0 Å². The summed E-state index contributed by atoms with van der Waals surface area (Å²) in [5.74, 6) is -1.30. The van der Waals surface area contributed by atoms with E-state index < -0.39 is 5.97 Å². The summed E-state index contributed by atoms with van der Waals surface area (Å²) in [6, 6.07) is -0.00227. The van der Waals surface area contributed by atoms with Gasteiger partial charge in [-0.25, -0.2) is 0 Å². The summed E-state index contributed by atoms with van der Waals surface area (Å²) in [5.41, 5.74) is 0. The lowest BCUT2D eigenvalue weighted by Crippen LogP contribution is -2.44. The molecule has 1 atom stereocenters. The van der Waals surface area contributed by atoms with Gasteiger partial charge in [-0.15, -0.1) is 0 Å². The molecule has 14 heavy (non-hydrogen) atoms. The molecule has 1 aliphatic heterocycles. The van der Waals surface area contributed by atoms with Gasteiger partial charge in [0, 0.05) is 19.0 Å². The minimum absolute atomic E-state index is 0.00227. The fourth-order valence-electron chi connectivity index (χ4n) is 1.22. The first-order valence-corrected chi connectivity index (χ1v) is 4.48. The first kappa shape index (κ1) is 10.9. The smallest absolute Gasteiger partial charge is 0.322 e. The van der Waals surface area contributed by atoms with E-state index in [2.05, 4.69) is 10.6 Å². The van der Waals surface area contributed by atoms with E-state index in [1.165, 1.54) is 0 Å². The minimum Gasteiger partial charge on any atom is -0.480 e. The van der Waals surface area contributed by atoms with Crippen molar-refractivity contribution >= 4 is 11.9 Å². The maximum absolute atomic E-state index is 11.1. The molecular formula is C8H14N2O4. The summed E-state index contributed by atoms with van der Waals surface area (Å²) in [7, 11) is 0. The van der Waals surface area contributed by atoms with Crippen LogP contribution in [0.15, 0.2) is 0 Å². The number of ether oxygens (including phenoxy) is 1. The predicted molar refractivity (Wildman–Crippen MR) is 47.9 cm³/mol. The summed E-state index contributed by atoms with van der Waals surface area (Å²) < 4.78 is 5.15. The first-order valence-electron chi connectivity index (χ1n) is 4.48. The summed E-state index contributed by atoms with van der Waals surface area (Å²) in [4.78, 5) is 21.3. The highest BCUT2D eigenvalue weighted by Crippen LogP contribution is 1.97. The quantitative estimate of drug-likeness (QED) is 0.520. The Balaban J connectivity index is 2.15. The normalized spacial score (nSPS) is 21.6. The topological polar surface area (TPSA) is 87.7 Å². The van der Waals surface area contributed by atoms with E-state index in [4.69, 9.17) is 9.84 Å². The Labute approximate surface area is 81.6 Å². The SMILES string of the molecule is O=C(O)CNC(=O)CC1COCCN1. The Morgan fingerprint density at radius 2 is 2.36 bits per heavy atom. The number of amides is 1. The van der Waals surface area contributed by atoms with Crippen LogP contribution >= 0.6 is 0 Å². The van der Waals surface area contributed by atoms with Gasteiger partial charge >= 0.3 is 5.97 Å². The Kier molecular flexibility index (Phi) is 4.34. The van der Waals surface area contributed by atoms with E-state index in [1.807, 2.05) is 0 Å². The molecule has 0 radical (unpaired) electrons. The molecule has 6 heteroatoms. The van der Waals surface area contributed by atoms with Crippen LogP contribution in [-0.4, -0.2) is 49.3 Å². The number of carbonyl (C=O) groups excluding carboxylic acids is 1. The van der Waals surface area contributed by atoms with Gasteiger partial charge in [-0.3, -0.25) is 9.59 Å². The second kappa shape index (κ2) is 5.56. The zero-order valence-corrected chi connectivity index (χ0v) is 7.78. The number of carbonyl (C=O) groups is 2. The van der Waals surface area contributed by atoms with Gasteiger partial charge in [0.25, 0.3) is 0 Å². The minimum atomic E-state index is -1.04. The molecule has 1 unspecified atom stereocenters. The predicted octanol–water partition coefficient (Wildman–Crippen LogP) is -1.43. The lowest BCUT2D eigenvalue weighted by molar-refractivity contribution is -0.138. The Hall–Kier alpha value is -1.14. The van der Waals surface area contributed by atoms with Crippen LogP contribution in [0.25, 0.3) is 0 Å². The van der Waals surface area contributed by atoms with Crippen molar-refractivity contribution in [3.8, 4) is 0 Å². The van der Waals surface area contributed by atoms with Crippen LogP contribution in [0.1, 0.15) is 6.42 Å². The fraction of sp³-hybridized carbons (Fsp3) is 0.750. The monoisotopic (exact) mass is 202 g/mol. The summed E-state index contributed by atoms with van der Waals surface area (Å²) >= 11 is 0. The van der Waals surface area contributed by atoms with E-state index in [9.17, 15) is 9.59 Å². The van der Waals surface area contributed by atoms with Crippen molar-refractivity contribution in [2.24, 2.45) is 0 Å². The Bertz CT molecular complexity index is 213. The standard InChI is InChI=1S/C8H14N2O4/c11-7(10-4-8(12)13)3-6-5-14-2-1-9-6/h6,9H,1-5H2,(H,10,11)(H,12,13). The van der Waals surface area contributed by atoms with Crippen molar-refractivity contribution < 1.29 is 19.4 Å². The van der Waals surface area contributed by atoms with Crippen LogP contribution in [0.3, 0.4) is 0 Å². The third-order valence-electron chi connectivity index (χ3n) is 1.87. The van der Waals surface area contributed by atoms with Crippen LogP contribution in [0.2, 0.25) is 0 Å². The molecule has 1 saturated heterocycles. The first-order chi connectivity index (χ1) is 6.68. The Morgan fingerprint density at radius 3 is 2.93 bits per heavy atom. The lowest BCUT2D eigenvalue weighted by atomic mass is 10.2. The molecule has 1 rings (SSSR count). The van der Waals surface area contributed by atoms with Crippen molar-refractivity contribution in [2.75, 3.05) is 26.3 Å². The van der Waals surface area contributed by atoms with E-state index >= 15 is 0 Å². The zero-order chi connectivity index (χ0) is 10.4. The number of morpholine rings is 1. The van der Waals surface area contributed by atoms with Crippen LogP contribution in [-0.2, 0) is 14.3 Å². The zero-order valence-electron chi connectivity index (χ0n) is 7.78. The molecule has 6 nitrogen and oxygen atoms in total. The average Bonchev–Trinajstić information content (AvgIpc) is 2.16. The summed E-state index contributed by atoms with van der Waals surface area (Å²) in [5, 5.41) is 13.7. The molecule has 0 aliphatic carbocycles. The molecule has 0 saturated carbocycles. The number of aliphatic carboxylic acids is 1. The highest BCUT2D eigenvalue weighted by molar-refractivity contribution is 5.81. The number of hydrogen-bond donors (Lipinski definition) is 3. The van der Waals surface area contributed by atoms with Crippen molar-refractivity contribution in [1.82, 2.24) is 10.6 Å².